The molecule has 0 unspecified atom stereocenters. The molecular weight excluding hydrogens is 731 g/mol. The first kappa shape index (κ1) is 39.3. The normalized spacial score (nSPS) is 12.1. The third kappa shape index (κ3) is 10.4. The number of para-hydroxylation sites is 1. The molecule has 0 bridgehead atoms. The molecule has 0 aliphatic carbocycles. The number of hydrogen-bond donors (Lipinski definition) is 6. The van der Waals surface area contributed by atoms with Crippen LogP contribution < -0.4 is 32.1 Å². The Morgan fingerprint density at radius 3 is 2.42 bits per heavy atom. The van der Waals surface area contributed by atoms with Crippen LogP contribution in [0.15, 0.2) is 83.8 Å². The standard InChI is InChI=1S/C41H39N9O7/c42-41-48-37-36(39(55)49-41)46-30(23-45-37)22-44-29-15-13-27(14-16-29)38(54)47-32(40(56)57)18-17-31(51)9-5-21-43-34(52)19-20-35(53)50-24-28-8-2-1-6-25(28)11-12-26-7-3-4-10-33(26)50/h1-4,6-8,10,13-16,23,32,44H,5,9,17-22,24H2,(H,43,52)(H,47,54)(H,56,57)(H3,42,45,48,49,55)/t32-/m0/s1. The van der Waals surface area contributed by atoms with Gasteiger partial charge in [0.15, 0.2) is 11.2 Å². The number of Topliss-reactive ketones (excluding diaryl/α,β-unsaturated/α-hetero) is 1. The van der Waals surface area contributed by atoms with Crippen LogP contribution in [0.25, 0.3) is 11.2 Å². The molecule has 0 radical (unpaired) electrons. The van der Waals surface area contributed by atoms with Gasteiger partial charge in [-0.3, -0.25) is 29.0 Å². The van der Waals surface area contributed by atoms with E-state index in [2.05, 4.69) is 47.7 Å². The molecule has 1 atom stereocenters. The minimum Gasteiger partial charge on any atom is -0.480 e. The molecule has 1 aliphatic rings. The number of carbonyl (C=O) groups is 5. The van der Waals surface area contributed by atoms with Crippen molar-refractivity contribution >= 4 is 58.0 Å². The number of carbonyl (C=O) groups excluding carboxylic acids is 4. The summed E-state index contributed by atoms with van der Waals surface area (Å²) in [6, 6.07) is 20.0. The maximum atomic E-state index is 13.4. The van der Waals surface area contributed by atoms with Crippen molar-refractivity contribution in [2.45, 2.75) is 57.7 Å². The molecule has 6 rings (SSSR count). The number of benzene rings is 3. The zero-order valence-electron chi connectivity index (χ0n) is 30.7. The number of hydrogen-bond acceptors (Lipinski definition) is 11. The first-order valence-electron chi connectivity index (χ1n) is 18.2. The van der Waals surface area contributed by atoms with E-state index in [1.54, 1.807) is 17.0 Å². The smallest absolute Gasteiger partial charge is 0.326 e. The van der Waals surface area contributed by atoms with Crippen LogP contribution in [0, 0.1) is 11.8 Å². The Hall–Kier alpha value is -7.41. The van der Waals surface area contributed by atoms with Gasteiger partial charge in [0.2, 0.25) is 17.8 Å². The van der Waals surface area contributed by atoms with Gasteiger partial charge in [-0.15, -0.1) is 0 Å². The third-order valence-corrected chi connectivity index (χ3v) is 9.12. The average Bonchev–Trinajstić information content (AvgIpc) is 3.20. The fraction of sp³-hybridized carbons (Fsp3) is 0.244. The van der Waals surface area contributed by atoms with Crippen molar-refractivity contribution in [3.8, 4) is 11.8 Å². The van der Waals surface area contributed by atoms with Crippen molar-refractivity contribution in [1.82, 2.24) is 30.6 Å². The van der Waals surface area contributed by atoms with E-state index in [0.717, 1.165) is 16.7 Å². The molecule has 0 fully saturated rings. The van der Waals surface area contributed by atoms with Crippen LogP contribution in [0.4, 0.5) is 17.3 Å². The SMILES string of the molecule is Nc1nc2ncc(CNc3ccc(C(=O)N[C@@H](CCC(=O)CCCNC(=O)CCC(=O)N4Cc5ccccc5C#Cc5ccccc54)C(=O)O)cc3)nc2c(=O)[nH]1. The monoisotopic (exact) mass is 769 g/mol. The number of carboxylic acids is 1. The predicted molar refractivity (Wildman–Crippen MR) is 211 cm³/mol. The molecular formula is C41H39N9O7. The predicted octanol–water partition coefficient (Wildman–Crippen LogP) is 3.06. The Bertz CT molecular complexity index is 2460. The summed E-state index contributed by atoms with van der Waals surface area (Å²) in [6.07, 6.45) is 1.65. The lowest BCUT2D eigenvalue weighted by Crippen LogP contribution is -2.41. The third-order valence-electron chi connectivity index (χ3n) is 9.12. The summed E-state index contributed by atoms with van der Waals surface area (Å²) in [5.74, 6) is 3.62. The molecule has 0 saturated carbocycles. The van der Waals surface area contributed by atoms with Crippen molar-refractivity contribution in [1.29, 1.82) is 0 Å². The number of aromatic amines is 1. The second-order valence-electron chi connectivity index (χ2n) is 13.2. The Kier molecular flexibility index (Phi) is 12.6. The zero-order chi connectivity index (χ0) is 40.3. The Morgan fingerprint density at radius 2 is 1.63 bits per heavy atom. The highest BCUT2D eigenvalue weighted by atomic mass is 16.4. The summed E-state index contributed by atoms with van der Waals surface area (Å²) >= 11 is 0. The number of H-pyrrole nitrogens is 1. The van der Waals surface area contributed by atoms with E-state index in [1.165, 1.54) is 18.3 Å². The van der Waals surface area contributed by atoms with E-state index < -0.39 is 23.5 Å². The highest BCUT2D eigenvalue weighted by Crippen LogP contribution is 2.26. The van der Waals surface area contributed by atoms with E-state index in [0.29, 0.717) is 30.0 Å². The molecule has 290 valence electrons. The molecule has 3 amide bonds. The highest BCUT2D eigenvalue weighted by Gasteiger charge is 2.23. The number of ketones is 1. The number of rotatable bonds is 16. The lowest BCUT2D eigenvalue weighted by Gasteiger charge is -2.26. The number of nitrogen functional groups attached to an aromatic ring is 1. The van der Waals surface area contributed by atoms with Crippen LogP contribution in [-0.2, 0) is 32.3 Å². The van der Waals surface area contributed by atoms with Gasteiger partial charge in [-0.1, -0.05) is 42.2 Å². The summed E-state index contributed by atoms with van der Waals surface area (Å²) < 4.78 is 0. The van der Waals surface area contributed by atoms with E-state index >= 15 is 0 Å². The second-order valence-corrected chi connectivity index (χ2v) is 13.2. The largest absolute Gasteiger partial charge is 0.480 e. The Balaban J connectivity index is 0.898. The number of aromatic nitrogens is 4. The first-order valence-corrected chi connectivity index (χ1v) is 18.2. The molecule has 3 aromatic carbocycles. The lowest BCUT2D eigenvalue weighted by molar-refractivity contribution is -0.139. The maximum absolute atomic E-state index is 13.4. The molecule has 5 aromatic rings. The van der Waals surface area contributed by atoms with E-state index in [9.17, 15) is 33.9 Å². The summed E-state index contributed by atoms with van der Waals surface area (Å²) in [7, 11) is 0. The van der Waals surface area contributed by atoms with Gasteiger partial charge in [-0.05, 0) is 60.9 Å². The van der Waals surface area contributed by atoms with Gasteiger partial charge in [-0.2, -0.15) is 4.98 Å². The number of fused-ring (bicyclic) bond motifs is 3. The quantitative estimate of drug-likeness (QED) is 0.0627. The average molecular weight is 770 g/mol. The van der Waals surface area contributed by atoms with Gasteiger partial charge < -0.3 is 31.7 Å². The molecule has 16 nitrogen and oxygen atoms in total. The van der Waals surface area contributed by atoms with Crippen LogP contribution in [0.1, 0.15) is 71.3 Å². The van der Waals surface area contributed by atoms with Crippen LogP contribution in [-0.4, -0.2) is 67.1 Å². The van der Waals surface area contributed by atoms with Crippen molar-refractivity contribution < 1.29 is 29.1 Å². The van der Waals surface area contributed by atoms with Gasteiger partial charge in [0.25, 0.3) is 11.5 Å². The van der Waals surface area contributed by atoms with Gasteiger partial charge in [-0.25, -0.2) is 14.8 Å². The number of nitrogens with one attached hydrogen (secondary N) is 4. The van der Waals surface area contributed by atoms with Crippen molar-refractivity contribution in [2.75, 3.05) is 22.5 Å². The lowest BCUT2D eigenvalue weighted by atomic mass is 10.0. The van der Waals surface area contributed by atoms with Crippen LogP contribution >= 0.6 is 0 Å². The van der Waals surface area contributed by atoms with E-state index in [4.69, 9.17) is 5.73 Å². The minimum atomic E-state index is -1.29. The highest BCUT2D eigenvalue weighted by molar-refractivity contribution is 5.98. The van der Waals surface area contributed by atoms with Gasteiger partial charge >= 0.3 is 5.97 Å². The van der Waals surface area contributed by atoms with Crippen LogP contribution in [0.3, 0.4) is 0 Å². The Morgan fingerprint density at radius 1 is 0.895 bits per heavy atom. The van der Waals surface area contributed by atoms with Crippen LogP contribution in [0.2, 0.25) is 0 Å². The summed E-state index contributed by atoms with van der Waals surface area (Å²) in [5, 5.41) is 18.0. The number of carboxylic acid groups (broad SMARTS) is 1. The van der Waals surface area contributed by atoms with Gasteiger partial charge in [0.1, 0.15) is 11.8 Å². The fourth-order valence-electron chi connectivity index (χ4n) is 6.08. The topological polar surface area (TPSA) is 242 Å². The molecule has 2 aromatic heterocycles. The Labute approximate surface area is 326 Å². The minimum absolute atomic E-state index is 0.0150. The summed E-state index contributed by atoms with van der Waals surface area (Å²) in [6.45, 7) is 0.747. The van der Waals surface area contributed by atoms with Gasteiger partial charge in [0.05, 0.1) is 30.7 Å². The molecule has 1 aliphatic heterocycles. The molecule has 0 spiro atoms. The molecule has 3 heterocycles. The van der Waals surface area contributed by atoms with Crippen molar-refractivity contribution in [3.05, 3.63) is 117 Å². The summed E-state index contributed by atoms with van der Waals surface area (Å²) in [5.41, 5.74) is 9.66. The number of aliphatic carboxylic acids is 1. The number of nitrogens with two attached hydrogens (primary N) is 1. The first-order chi connectivity index (χ1) is 27.5. The van der Waals surface area contributed by atoms with Crippen molar-refractivity contribution in [2.24, 2.45) is 0 Å². The van der Waals surface area contributed by atoms with Crippen LogP contribution in [0.5, 0.6) is 0 Å². The molecule has 0 saturated heterocycles. The molecule has 16 heteroatoms. The number of nitrogens with zero attached hydrogens (tertiary/aromatic N) is 4. The molecule has 57 heavy (non-hydrogen) atoms. The fourth-order valence-corrected chi connectivity index (χ4v) is 6.08. The summed E-state index contributed by atoms with van der Waals surface area (Å²) in [4.78, 5) is 91.8. The number of anilines is 3. The maximum Gasteiger partial charge on any atom is 0.326 e. The van der Waals surface area contributed by atoms with Gasteiger partial charge in [0, 0.05) is 54.6 Å². The number of amides is 3. The molecule has 7 N–H and O–H groups in total. The van der Waals surface area contributed by atoms with E-state index in [-0.39, 0.29) is 85.5 Å². The van der Waals surface area contributed by atoms with Crippen molar-refractivity contribution in [3.63, 3.8) is 0 Å². The second kappa shape index (κ2) is 18.3. The van der Waals surface area contributed by atoms with E-state index in [1.807, 2.05) is 48.5 Å². The zero-order valence-corrected chi connectivity index (χ0v) is 30.7.